The highest BCUT2D eigenvalue weighted by atomic mass is 16.5. The molecule has 0 spiro atoms. The lowest BCUT2D eigenvalue weighted by molar-refractivity contribution is -0.136. The summed E-state index contributed by atoms with van der Waals surface area (Å²) >= 11 is 0. The molecule has 6 aliphatic rings. The van der Waals surface area contributed by atoms with Crippen molar-refractivity contribution in [2.24, 2.45) is 0 Å². The molecule has 3 atom stereocenters. The molecule has 0 radical (unpaired) electrons. The Morgan fingerprint density at radius 1 is 0.776 bits per heavy atom. The number of ether oxygens (including phenoxy) is 1. The van der Waals surface area contributed by atoms with E-state index in [9.17, 15) is 33.6 Å². The van der Waals surface area contributed by atoms with Gasteiger partial charge < -0.3 is 25.2 Å². The number of amides is 7. The van der Waals surface area contributed by atoms with Crippen molar-refractivity contribution in [2.45, 2.75) is 69.4 Å². The topological polar surface area (TPSA) is 190 Å². The largest absolute Gasteiger partial charge is 0.482 e. The second-order valence-corrected chi connectivity index (χ2v) is 15.8. The number of piperazine rings is 1. The number of nitrogens with zero attached hydrogens (tertiary/aromatic N) is 4. The fraction of sp³-hybridized carbons (Fsp3) is 0.405. The summed E-state index contributed by atoms with van der Waals surface area (Å²) in [5.41, 5.74) is 3.91. The quantitative estimate of drug-likeness (QED) is 0.232. The summed E-state index contributed by atoms with van der Waals surface area (Å²) in [5.74, 6) is -2.06. The van der Waals surface area contributed by atoms with Crippen LogP contribution < -0.4 is 30.9 Å². The van der Waals surface area contributed by atoms with Gasteiger partial charge in [0.1, 0.15) is 11.8 Å². The molecule has 7 amide bonds. The molecule has 0 aromatic heterocycles. The molecule has 3 aromatic carbocycles. The maximum Gasteiger partial charge on any atom is 0.262 e. The number of hydrogen-bond acceptors (Lipinski definition) is 11. The maximum atomic E-state index is 13.6. The summed E-state index contributed by atoms with van der Waals surface area (Å²) in [6.45, 7) is 4.16. The van der Waals surface area contributed by atoms with Gasteiger partial charge in [-0.1, -0.05) is 12.1 Å². The zero-order valence-corrected chi connectivity index (χ0v) is 31.8. The number of carbonyl (C=O) groups is 7. The molecule has 3 saturated heterocycles. The summed E-state index contributed by atoms with van der Waals surface area (Å²) in [7, 11) is 0. The highest BCUT2D eigenvalue weighted by Gasteiger charge is 2.45. The number of benzene rings is 3. The van der Waals surface area contributed by atoms with Crippen LogP contribution >= 0.6 is 0 Å². The minimum absolute atomic E-state index is 0.0760. The monoisotopic (exact) mass is 788 g/mol. The summed E-state index contributed by atoms with van der Waals surface area (Å²) < 4.78 is 5.52. The molecule has 5 aliphatic heterocycles. The van der Waals surface area contributed by atoms with E-state index in [0.29, 0.717) is 35.2 Å². The van der Waals surface area contributed by atoms with Crippen molar-refractivity contribution in [2.75, 3.05) is 49.5 Å². The van der Waals surface area contributed by atoms with Crippen LogP contribution in [0.5, 0.6) is 5.75 Å². The van der Waals surface area contributed by atoms with Crippen LogP contribution in [-0.4, -0.2) is 120 Å². The average molecular weight is 789 g/mol. The van der Waals surface area contributed by atoms with Crippen molar-refractivity contribution in [1.29, 1.82) is 0 Å². The van der Waals surface area contributed by atoms with Crippen LogP contribution in [0.3, 0.4) is 0 Å². The lowest BCUT2D eigenvalue weighted by atomic mass is 10.0. The summed E-state index contributed by atoms with van der Waals surface area (Å²) in [6, 6.07) is 17.2. The molecular weight excluding hydrogens is 745 g/mol. The maximum absolute atomic E-state index is 13.6. The van der Waals surface area contributed by atoms with Crippen LogP contribution in [0.25, 0.3) is 0 Å². The first-order valence-electron chi connectivity index (χ1n) is 19.9. The number of nitrogens with one attached hydrogen (secondary N) is 4. The first kappa shape index (κ1) is 37.4. The lowest BCUT2D eigenvalue weighted by Crippen LogP contribution is -2.58. The normalized spacial score (nSPS) is 23.4. The molecule has 3 aromatic rings. The van der Waals surface area contributed by atoms with Gasteiger partial charge in [-0.2, -0.15) is 0 Å². The van der Waals surface area contributed by atoms with Gasteiger partial charge in [-0.05, 0) is 86.2 Å². The van der Waals surface area contributed by atoms with Crippen molar-refractivity contribution in [3.8, 4) is 5.75 Å². The van der Waals surface area contributed by atoms with Crippen LogP contribution in [0, 0.1) is 0 Å². The van der Waals surface area contributed by atoms with Crippen LogP contribution in [0.15, 0.2) is 60.7 Å². The van der Waals surface area contributed by atoms with Gasteiger partial charge in [0.05, 0.1) is 23.0 Å². The number of imide groups is 2. The Labute approximate surface area is 334 Å². The van der Waals surface area contributed by atoms with Gasteiger partial charge in [0.2, 0.25) is 11.8 Å². The van der Waals surface area contributed by atoms with E-state index in [2.05, 4.69) is 31.1 Å². The SMILES string of the molecule is O=C1CCC(N2C(=O)c3ccc(N4CCN(C5CCC(NC(=O)c6ccc(CN(C(=O)c7ccc8c(c7)OCC(=O)N8)C7CC7)cc6)NC5)CC4)cc3C2=O)C(=O)N1. The zero-order chi connectivity index (χ0) is 40.1. The number of rotatable bonds is 9. The molecule has 58 heavy (non-hydrogen) atoms. The van der Waals surface area contributed by atoms with Crippen LogP contribution in [-0.2, 0) is 20.9 Å². The van der Waals surface area contributed by atoms with E-state index in [0.717, 1.165) is 74.6 Å². The van der Waals surface area contributed by atoms with Crippen molar-refractivity contribution >= 4 is 52.7 Å². The Kier molecular flexibility index (Phi) is 9.89. The molecule has 3 unspecified atom stereocenters. The van der Waals surface area contributed by atoms with E-state index < -0.39 is 29.7 Å². The van der Waals surface area contributed by atoms with Crippen molar-refractivity contribution in [3.63, 3.8) is 0 Å². The van der Waals surface area contributed by atoms with Gasteiger partial charge in [-0.15, -0.1) is 0 Å². The first-order valence-corrected chi connectivity index (χ1v) is 19.9. The van der Waals surface area contributed by atoms with E-state index in [1.54, 1.807) is 42.5 Å². The van der Waals surface area contributed by atoms with Gasteiger partial charge in [0.25, 0.3) is 29.5 Å². The van der Waals surface area contributed by atoms with E-state index in [-0.39, 0.29) is 60.5 Å². The Bertz CT molecular complexity index is 2210. The van der Waals surface area contributed by atoms with Crippen molar-refractivity contribution in [3.05, 3.63) is 88.5 Å². The van der Waals surface area contributed by atoms with Gasteiger partial charge in [-0.3, -0.25) is 54.0 Å². The first-order chi connectivity index (χ1) is 28.1. The molecule has 5 heterocycles. The van der Waals surface area contributed by atoms with E-state index in [1.165, 1.54) is 0 Å². The number of piperidine rings is 2. The molecule has 4 fully saturated rings. The Hall–Kier alpha value is -6.13. The minimum Gasteiger partial charge on any atom is -0.482 e. The third kappa shape index (κ3) is 7.40. The third-order valence-corrected chi connectivity index (χ3v) is 12.0. The second-order valence-electron chi connectivity index (χ2n) is 15.8. The molecule has 1 saturated carbocycles. The molecule has 16 heteroatoms. The summed E-state index contributed by atoms with van der Waals surface area (Å²) in [6.07, 6.45) is 3.60. The fourth-order valence-electron chi connectivity index (χ4n) is 8.60. The molecule has 9 rings (SSSR count). The molecule has 0 bridgehead atoms. The molecule has 16 nitrogen and oxygen atoms in total. The highest BCUT2D eigenvalue weighted by molar-refractivity contribution is 6.23. The fourth-order valence-corrected chi connectivity index (χ4v) is 8.60. The lowest BCUT2D eigenvalue weighted by Gasteiger charge is -2.43. The smallest absolute Gasteiger partial charge is 0.262 e. The number of fused-ring (bicyclic) bond motifs is 2. The second kappa shape index (κ2) is 15.3. The predicted molar refractivity (Wildman–Crippen MR) is 209 cm³/mol. The van der Waals surface area contributed by atoms with Crippen LogP contribution in [0.2, 0.25) is 0 Å². The Balaban J connectivity index is 0.738. The average Bonchev–Trinajstić information content (AvgIpc) is 4.05. The highest BCUT2D eigenvalue weighted by Crippen LogP contribution is 2.34. The van der Waals surface area contributed by atoms with Crippen molar-refractivity contribution in [1.82, 2.24) is 30.7 Å². The van der Waals surface area contributed by atoms with Crippen molar-refractivity contribution < 1.29 is 38.3 Å². The van der Waals surface area contributed by atoms with E-state index in [4.69, 9.17) is 4.74 Å². The molecule has 300 valence electrons. The van der Waals surface area contributed by atoms with E-state index >= 15 is 0 Å². The van der Waals surface area contributed by atoms with Crippen LogP contribution in [0.1, 0.15) is 85.5 Å². The summed E-state index contributed by atoms with van der Waals surface area (Å²) in [5, 5.41) is 11.6. The molecular formula is C42H44N8O8. The predicted octanol–water partition coefficient (Wildman–Crippen LogP) is 1.85. The molecule has 1 aliphatic carbocycles. The van der Waals surface area contributed by atoms with Gasteiger partial charge in [0.15, 0.2) is 6.61 Å². The number of carbonyl (C=O) groups excluding carboxylic acids is 7. The van der Waals surface area contributed by atoms with Crippen LogP contribution in [0.4, 0.5) is 11.4 Å². The number of anilines is 2. The number of hydrogen-bond donors (Lipinski definition) is 4. The third-order valence-electron chi connectivity index (χ3n) is 12.0. The summed E-state index contributed by atoms with van der Waals surface area (Å²) in [4.78, 5) is 96.4. The van der Waals surface area contributed by atoms with E-state index in [1.807, 2.05) is 23.1 Å². The standard InChI is InChI=1S/C42H44N8O8/c51-36-14-12-33(39(54)46-36)50-41(56)30-10-8-28(20-31(30)42(50)57)47-15-17-48(18-16-47)29-9-13-35(43-21-29)45-38(53)25-3-1-24(2-4-25)22-49(27-6-7-27)40(55)26-5-11-32-34(19-26)58-23-37(52)44-32/h1-5,8,10-11,19-20,27,29,33,35,43H,6-7,9,12-18,21-23H2,(H,44,52)(H,45,53)(H,46,51,54). The Morgan fingerprint density at radius 3 is 2.26 bits per heavy atom. The zero-order valence-electron chi connectivity index (χ0n) is 31.8. The molecule has 4 N–H and O–H groups in total. The van der Waals surface area contributed by atoms with Gasteiger partial charge in [0, 0.05) is 74.6 Å². The Morgan fingerprint density at radius 2 is 1.53 bits per heavy atom. The minimum atomic E-state index is -0.993. The van der Waals surface area contributed by atoms with Gasteiger partial charge in [-0.25, -0.2) is 0 Å². The van der Waals surface area contributed by atoms with Gasteiger partial charge >= 0.3 is 0 Å².